The fourth-order valence-corrected chi connectivity index (χ4v) is 1.94. The summed E-state index contributed by atoms with van der Waals surface area (Å²) in [5, 5.41) is 2.70. The number of carbonyl (C=O) groups is 1. The van der Waals surface area contributed by atoms with E-state index in [-0.39, 0.29) is 12.1 Å². The van der Waals surface area contributed by atoms with E-state index in [9.17, 15) is 9.18 Å². The molecular weight excluding hydrogens is 257 g/mol. The molecular formula is C16H16FNO2. The van der Waals surface area contributed by atoms with Crippen LogP contribution >= 0.6 is 0 Å². The summed E-state index contributed by atoms with van der Waals surface area (Å²) in [7, 11) is 1.57. The number of nitrogens with one attached hydrogen (secondary N) is 1. The van der Waals surface area contributed by atoms with E-state index in [1.165, 1.54) is 6.07 Å². The molecule has 0 atom stereocenters. The van der Waals surface area contributed by atoms with Gasteiger partial charge in [0.05, 0.1) is 12.7 Å². The first-order chi connectivity index (χ1) is 9.63. The minimum absolute atomic E-state index is 0.0555. The van der Waals surface area contributed by atoms with Crippen molar-refractivity contribution in [2.45, 2.75) is 13.5 Å². The van der Waals surface area contributed by atoms with Crippen LogP contribution in [-0.4, -0.2) is 13.0 Å². The normalized spacial score (nSPS) is 10.2. The van der Waals surface area contributed by atoms with Gasteiger partial charge < -0.3 is 10.1 Å². The Morgan fingerprint density at radius 2 is 1.95 bits per heavy atom. The second-order valence-electron chi connectivity index (χ2n) is 4.43. The Labute approximate surface area is 117 Å². The van der Waals surface area contributed by atoms with Crippen molar-refractivity contribution in [3.05, 3.63) is 65.0 Å². The predicted octanol–water partition coefficient (Wildman–Crippen LogP) is 3.07. The van der Waals surface area contributed by atoms with Crippen LogP contribution in [0.15, 0.2) is 42.5 Å². The molecule has 20 heavy (non-hydrogen) atoms. The number of hydrogen-bond acceptors (Lipinski definition) is 2. The molecule has 0 unspecified atom stereocenters. The SMILES string of the molecule is COc1ccccc1CNC(=O)c1cccc(C)c1F. The van der Waals surface area contributed by atoms with E-state index in [0.29, 0.717) is 11.3 Å². The van der Waals surface area contributed by atoms with Crippen LogP contribution in [-0.2, 0) is 6.54 Å². The van der Waals surface area contributed by atoms with Gasteiger partial charge in [0.1, 0.15) is 11.6 Å². The minimum Gasteiger partial charge on any atom is -0.496 e. The molecule has 0 heterocycles. The van der Waals surface area contributed by atoms with Gasteiger partial charge in [0.15, 0.2) is 0 Å². The topological polar surface area (TPSA) is 38.3 Å². The minimum atomic E-state index is -0.481. The van der Waals surface area contributed by atoms with Crippen LogP contribution in [0.2, 0.25) is 0 Å². The predicted molar refractivity (Wildman–Crippen MR) is 75.3 cm³/mol. The third kappa shape index (κ3) is 2.96. The highest BCUT2D eigenvalue weighted by Gasteiger charge is 2.13. The summed E-state index contributed by atoms with van der Waals surface area (Å²) in [5.74, 6) is -0.223. The maximum atomic E-state index is 13.8. The maximum Gasteiger partial charge on any atom is 0.254 e. The zero-order valence-electron chi connectivity index (χ0n) is 11.4. The summed E-state index contributed by atoms with van der Waals surface area (Å²) in [6.45, 7) is 1.92. The average molecular weight is 273 g/mol. The van der Waals surface area contributed by atoms with Crippen molar-refractivity contribution in [3.8, 4) is 5.75 Å². The van der Waals surface area contributed by atoms with Gasteiger partial charge in [-0.1, -0.05) is 30.3 Å². The Morgan fingerprint density at radius 1 is 1.20 bits per heavy atom. The largest absolute Gasteiger partial charge is 0.496 e. The summed E-state index contributed by atoms with van der Waals surface area (Å²) < 4.78 is 19.0. The third-order valence-electron chi connectivity index (χ3n) is 3.07. The molecule has 3 nitrogen and oxygen atoms in total. The molecule has 0 aliphatic heterocycles. The molecule has 0 aliphatic carbocycles. The van der Waals surface area contributed by atoms with Gasteiger partial charge in [-0.15, -0.1) is 0 Å². The number of methoxy groups -OCH3 is 1. The van der Waals surface area contributed by atoms with Crippen molar-refractivity contribution in [2.24, 2.45) is 0 Å². The first-order valence-electron chi connectivity index (χ1n) is 6.28. The zero-order chi connectivity index (χ0) is 14.5. The zero-order valence-corrected chi connectivity index (χ0v) is 11.4. The molecule has 2 aromatic rings. The van der Waals surface area contributed by atoms with Gasteiger partial charge in [-0.25, -0.2) is 4.39 Å². The highest BCUT2D eigenvalue weighted by atomic mass is 19.1. The van der Waals surface area contributed by atoms with Crippen molar-refractivity contribution < 1.29 is 13.9 Å². The molecule has 2 rings (SSSR count). The lowest BCUT2D eigenvalue weighted by Gasteiger charge is -2.10. The van der Waals surface area contributed by atoms with E-state index < -0.39 is 11.7 Å². The Hall–Kier alpha value is -2.36. The summed E-state index contributed by atoms with van der Waals surface area (Å²) in [5.41, 5.74) is 1.35. The highest BCUT2D eigenvalue weighted by Crippen LogP contribution is 2.17. The average Bonchev–Trinajstić information content (AvgIpc) is 2.48. The molecule has 0 radical (unpaired) electrons. The number of hydrogen-bond donors (Lipinski definition) is 1. The molecule has 104 valence electrons. The summed E-state index contributed by atoms with van der Waals surface area (Å²) in [6, 6.07) is 12.1. The van der Waals surface area contributed by atoms with Crippen molar-refractivity contribution in [1.29, 1.82) is 0 Å². The standard InChI is InChI=1S/C16H16FNO2/c1-11-6-5-8-13(15(11)17)16(19)18-10-12-7-3-4-9-14(12)20-2/h3-9H,10H2,1-2H3,(H,18,19). The van der Waals surface area contributed by atoms with Crippen LogP contribution in [0.1, 0.15) is 21.5 Å². The summed E-state index contributed by atoms with van der Waals surface area (Å²) in [4.78, 5) is 12.0. The molecule has 0 saturated heterocycles. The van der Waals surface area contributed by atoms with E-state index in [4.69, 9.17) is 4.74 Å². The Morgan fingerprint density at radius 3 is 2.70 bits per heavy atom. The molecule has 0 bridgehead atoms. The molecule has 1 amide bonds. The number of carbonyl (C=O) groups excluding carboxylic acids is 1. The number of ether oxygens (including phenoxy) is 1. The Kier molecular flexibility index (Phi) is 4.35. The smallest absolute Gasteiger partial charge is 0.254 e. The lowest BCUT2D eigenvalue weighted by Crippen LogP contribution is -2.24. The second kappa shape index (κ2) is 6.19. The van der Waals surface area contributed by atoms with Gasteiger partial charge >= 0.3 is 0 Å². The van der Waals surface area contributed by atoms with Crippen LogP contribution in [0.25, 0.3) is 0 Å². The van der Waals surface area contributed by atoms with Crippen LogP contribution in [0, 0.1) is 12.7 Å². The number of para-hydroxylation sites is 1. The Bertz CT molecular complexity index is 626. The first kappa shape index (κ1) is 14.1. The molecule has 0 fully saturated rings. The second-order valence-corrected chi connectivity index (χ2v) is 4.43. The molecule has 0 aliphatic rings. The molecule has 2 aromatic carbocycles. The number of rotatable bonds is 4. The molecule has 4 heteroatoms. The van der Waals surface area contributed by atoms with E-state index >= 15 is 0 Å². The van der Waals surface area contributed by atoms with Crippen molar-refractivity contribution >= 4 is 5.91 Å². The Balaban J connectivity index is 2.11. The van der Waals surface area contributed by atoms with Crippen LogP contribution in [0.4, 0.5) is 4.39 Å². The molecule has 0 spiro atoms. The summed E-state index contributed by atoms with van der Waals surface area (Å²) in [6.07, 6.45) is 0. The van der Waals surface area contributed by atoms with Gasteiger partial charge in [0.25, 0.3) is 5.91 Å². The first-order valence-corrected chi connectivity index (χ1v) is 6.28. The van der Waals surface area contributed by atoms with E-state index in [2.05, 4.69) is 5.32 Å². The molecule has 0 aromatic heterocycles. The van der Waals surface area contributed by atoms with Crippen molar-refractivity contribution in [2.75, 3.05) is 7.11 Å². The number of aryl methyl sites for hydroxylation is 1. The quantitative estimate of drug-likeness (QED) is 0.929. The van der Waals surface area contributed by atoms with Gasteiger partial charge in [-0.2, -0.15) is 0 Å². The van der Waals surface area contributed by atoms with Crippen LogP contribution in [0.5, 0.6) is 5.75 Å². The van der Waals surface area contributed by atoms with E-state index in [1.807, 2.05) is 24.3 Å². The van der Waals surface area contributed by atoms with Crippen molar-refractivity contribution in [1.82, 2.24) is 5.32 Å². The van der Waals surface area contributed by atoms with Gasteiger partial charge in [-0.3, -0.25) is 4.79 Å². The van der Waals surface area contributed by atoms with Crippen molar-refractivity contribution in [3.63, 3.8) is 0 Å². The molecule has 0 saturated carbocycles. The van der Waals surface area contributed by atoms with Gasteiger partial charge in [0, 0.05) is 12.1 Å². The van der Waals surface area contributed by atoms with Gasteiger partial charge in [-0.05, 0) is 24.6 Å². The van der Waals surface area contributed by atoms with Gasteiger partial charge in [0.2, 0.25) is 0 Å². The maximum absolute atomic E-state index is 13.8. The fraction of sp³-hybridized carbons (Fsp3) is 0.188. The van der Waals surface area contributed by atoms with E-state index in [1.54, 1.807) is 26.2 Å². The van der Waals surface area contributed by atoms with E-state index in [0.717, 1.165) is 5.56 Å². The summed E-state index contributed by atoms with van der Waals surface area (Å²) >= 11 is 0. The molecule has 1 N–H and O–H groups in total. The monoisotopic (exact) mass is 273 g/mol. The third-order valence-corrected chi connectivity index (χ3v) is 3.07. The lowest BCUT2D eigenvalue weighted by molar-refractivity contribution is 0.0946. The number of halogens is 1. The highest BCUT2D eigenvalue weighted by molar-refractivity contribution is 5.94. The van der Waals surface area contributed by atoms with Crippen LogP contribution in [0.3, 0.4) is 0 Å². The lowest BCUT2D eigenvalue weighted by atomic mass is 10.1. The van der Waals surface area contributed by atoms with Crippen LogP contribution < -0.4 is 10.1 Å². The number of amides is 1. The number of benzene rings is 2. The fourth-order valence-electron chi connectivity index (χ4n) is 1.94.